The molecule has 0 aromatic heterocycles. The van der Waals surface area contributed by atoms with E-state index < -0.39 is 74.2 Å². The number of unbranched alkanes of at least 4 members (excludes halogenated alkanes) is 27. The van der Waals surface area contributed by atoms with Crippen molar-refractivity contribution in [2.24, 2.45) is 0 Å². The molecule has 1 amide bonds. The first-order chi connectivity index (χ1) is 27.2. The third-order valence-corrected chi connectivity index (χ3v) is 11.7. The molecule has 1 saturated heterocycles. The Hall–Kier alpha value is -0.890. The Balaban J connectivity index is 2.41. The summed E-state index contributed by atoms with van der Waals surface area (Å²) in [6.07, 6.45) is 24.4. The number of aliphatic hydroxyl groups is 7. The number of carbonyl (C=O) groups is 1. The number of hydrogen-bond acceptors (Lipinski definition) is 10. The van der Waals surface area contributed by atoms with Crippen molar-refractivity contribution in [3.8, 4) is 0 Å². The van der Waals surface area contributed by atoms with Crippen LogP contribution in [0.3, 0.4) is 0 Å². The summed E-state index contributed by atoms with van der Waals surface area (Å²) in [5.74, 6) is -0.694. The second-order valence-corrected chi connectivity index (χ2v) is 16.8. The number of hydrogen-bond donors (Lipinski definition) is 8. The Kier molecular flexibility index (Phi) is 34.2. The summed E-state index contributed by atoms with van der Waals surface area (Å²) in [5, 5.41) is 75.6. The first kappa shape index (κ1) is 53.1. The normalized spacial score (nSPS) is 22.2. The minimum Gasteiger partial charge on any atom is -0.394 e. The molecule has 0 aliphatic carbocycles. The van der Waals surface area contributed by atoms with Crippen LogP contribution in [0.15, 0.2) is 0 Å². The van der Waals surface area contributed by atoms with E-state index in [9.17, 15) is 40.5 Å². The third-order valence-electron chi connectivity index (χ3n) is 11.7. The lowest BCUT2D eigenvalue weighted by molar-refractivity contribution is -0.303. The molecule has 1 heterocycles. The monoisotopic (exact) mass is 804 g/mol. The summed E-state index contributed by atoms with van der Waals surface area (Å²) in [7, 11) is 0. The predicted molar refractivity (Wildman–Crippen MR) is 224 cm³/mol. The molecule has 8 N–H and O–H groups in total. The summed E-state index contributed by atoms with van der Waals surface area (Å²) in [4.78, 5) is 13.1. The van der Waals surface area contributed by atoms with Gasteiger partial charge in [0.15, 0.2) is 6.29 Å². The lowest BCUT2D eigenvalue weighted by Crippen LogP contribution is -2.60. The molecule has 0 bridgehead atoms. The highest BCUT2D eigenvalue weighted by Gasteiger charge is 2.44. The van der Waals surface area contributed by atoms with Crippen LogP contribution in [0.2, 0.25) is 0 Å². The van der Waals surface area contributed by atoms with Gasteiger partial charge in [-0.15, -0.1) is 0 Å². The molecule has 0 aromatic carbocycles. The Morgan fingerprint density at radius 2 is 0.929 bits per heavy atom. The molecule has 0 spiro atoms. The van der Waals surface area contributed by atoms with Crippen molar-refractivity contribution < 1.29 is 50.0 Å². The van der Waals surface area contributed by atoms with Gasteiger partial charge in [0.25, 0.3) is 0 Å². The number of nitrogens with one attached hydrogen (secondary N) is 1. The number of rotatable bonds is 39. The zero-order valence-electron chi connectivity index (χ0n) is 35.9. The van der Waals surface area contributed by atoms with Crippen LogP contribution in [-0.2, 0) is 14.3 Å². The minimum atomic E-state index is -1.65. The van der Waals surface area contributed by atoms with Crippen LogP contribution >= 0.6 is 0 Å². The van der Waals surface area contributed by atoms with Crippen molar-refractivity contribution in [2.45, 2.75) is 268 Å². The van der Waals surface area contributed by atoms with Crippen molar-refractivity contribution in [3.63, 3.8) is 0 Å². The van der Waals surface area contributed by atoms with Gasteiger partial charge in [0, 0.05) is 0 Å². The smallest absolute Gasteiger partial charge is 0.249 e. The maximum atomic E-state index is 13.1. The van der Waals surface area contributed by atoms with Crippen LogP contribution in [0.25, 0.3) is 0 Å². The fraction of sp³-hybridized carbons (Fsp3) is 0.978. The molecule has 9 atom stereocenters. The van der Waals surface area contributed by atoms with Gasteiger partial charge >= 0.3 is 0 Å². The average molecular weight is 804 g/mol. The highest BCUT2D eigenvalue weighted by Crippen LogP contribution is 2.23. The first-order valence-corrected chi connectivity index (χ1v) is 23.4. The quantitative estimate of drug-likeness (QED) is 0.0289. The number of carbonyl (C=O) groups excluding carboxylic acids is 1. The molecule has 56 heavy (non-hydrogen) atoms. The van der Waals surface area contributed by atoms with Gasteiger partial charge in [-0.2, -0.15) is 0 Å². The maximum absolute atomic E-state index is 13.1. The fourth-order valence-electron chi connectivity index (χ4n) is 7.74. The molecule has 0 radical (unpaired) electrons. The van der Waals surface area contributed by atoms with Crippen LogP contribution in [0.4, 0.5) is 0 Å². The zero-order chi connectivity index (χ0) is 41.2. The molecule has 0 saturated carbocycles. The van der Waals surface area contributed by atoms with Gasteiger partial charge in [-0.25, -0.2) is 0 Å². The second kappa shape index (κ2) is 36.0. The van der Waals surface area contributed by atoms with Gasteiger partial charge in [-0.05, 0) is 12.8 Å². The molecule has 6 unspecified atom stereocenters. The van der Waals surface area contributed by atoms with Gasteiger partial charge in [0.2, 0.25) is 5.91 Å². The summed E-state index contributed by atoms with van der Waals surface area (Å²) in [6, 6.07) is -1.16. The van der Waals surface area contributed by atoms with Gasteiger partial charge in [-0.1, -0.05) is 200 Å². The van der Waals surface area contributed by atoms with Crippen LogP contribution in [0, 0.1) is 0 Å². The van der Waals surface area contributed by atoms with E-state index in [1.165, 1.54) is 135 Å². The van der Waals surface area contributed by atoms with Gasteiger partial charge in [0.05, 0.1) is 25.4 Å². The standard InChI is InChI=1S/C45H89NO10/c1-3-5-7-9-11-13-15-16-17-18-19-20-21-23-25-27-29-31-33-38(49)44(54)46-36(35-55-45-43(53)42(52)41(51)39(34-47)56-45)40(50)37(48)32-30-28-26-24-22-14-12-10-8-6-4-2/h36-43,45,47-53H,3-35H2,1-2H3,(H,46,54)/t36-,37+,38?,39?,40-,41?,42?,43?,45?/m0/s1. The average Bonchev–Trinajstić information content (AvgIpc) is 3.20. The van der Waals surface area contributed by atoms with Crippen molar-refractivity contribution in [1.82, 2.24) is 5.32 Å². The molecular formula is C45H89NO10. The molecular weight excluding hydrogens is 714 g/mol. The van der Waals surface area contributed by atoms with Crippen molar-refractivity contribution in [1.29, 1.82) is 0 Å². The van der Waals surface area contributed by atoms with Crippen LogP contribution < -0.4 is 5.32 Å². The van der Waals surface area contributed by atoms with E-state index in [0.29, 0.717) is 19.3 Å². The minimum absolute atomic E-state index is 0.266. The molecule has 1 aliphatic rings. The molecule has 11 nitrogen and oxygen atoms in total. The highest BCUT2D eigenvalue weighted by atomic mass is 16.7. The number of ether oxygens (including phenoxy) is 2. The lowest BCUT2D eigenvalue weighted by atomic mass is 9.98. The summed E-state index contributed by atoms with van der Waals surface area (Å²) in [5.41, 5.74) is 0. The maximum Gasteiger partial charge on any atom is 0.249 e. The zero-order valence-corrected chi connectivity index (χ0v) is 35.9. The van der Waals surface area contributed by atoms with Crippen molar-refractivity contribution in [3.05, 3.63) is 0 Å². The van der Waals surface area contributed by atoms with E-state index in [0.717, 1.165) is 38.5 Å². The molecule has 1 aliphatic heterocycles. The number of amides is 1. The highest BCUT2D eigenvalue weighted by molar-refractivity contribution is 5.80. The largest absolute Gasteiger partial charge is 0.394 e. The van der Waals surface area contributed by atoms with Crippen molar-refractivity contribution in [2.75, 3.05) is 13.2 Å². The van der Waals surface area contributed by atoms with E-state index in [1.54, 1.807) is 0 Å². The topological polar surface area (TPSA) is 189 Å². The fourth-order valence-corrected chi connectivity index (χ4v) is 7.74. The Morgan fingerprint density at radius 3 is 1.32 bits per heavy atom. The molecule has 11 heteroatoms. The van der Waals surface area contributed by atoms with E-state index in [2.05, 4.69) is 19.2 Å². The Labute approximate surface area is 341 Å². The van der Waals surface area contributed by atoms with Crippen LogP contribution in [-0.4, -0.2) is 110 Å². The van der Waals surface area contributed by atoms with Gasteiger partial charge in [0.1, 0.15) is 36.6 Å². The Morgan fingerprint density at radius 1 is 0.554 bits per heavy atom. The summed E-state index contributed by atoms with van der Waals surface area (Å²) < 4.78 is 11.1. The van der Waals surface area contributed by atoms with Crippen LogP contribution in [0.5, 0.6) is 0 Å². The van der Waals surface area contributed by atoms with Crippen LogP contribution in [0.1, 0.15) is 213 Å². The summed E-state index contributed by atoms with van der Waals surface area (Å²) >= 11 is 0. The molecule has 334 valence electrons. The third kappa shape index (κ3) is 25.6. The molecule has 1 fully saturated rings. The van der Waals surface area contributed by atoms with Gasteiger partial charge < -0.3 is 50.5 Å². The summed E-state index contributed by atoms with van der Waals surface area (Å²) in [6.45, 7) is 3.44. The molecule has 1 rings (SSSR count). The van der Waals surface area contributed by atoms with Crippen molar-refractivity contribution >= 4 is 5.91 Å². The SMILES string of the molecule is CCCCCCCCCCCCCCCCCCCCC(O)C(=O)N[C@@H](COC1OC(CO)C(O)C(O)C1O)[C@H](O)[C@H](O)CCCCCCCCCCCCC. The first-order valence-electron chi connectivity index (χ1n) is 23.4. The molecule has 0 aromatic rings. The Bertz CT molecular complexity index is 882. The number of aliphatic hydroxyl groups excluding tert-OH is 7. The van der Waals surface area contributed by atoms with E-state index in [1.807, 2.05) is 0 Å². The second-order valence-electron chi connectivity index (χ2n) is 16.8. The predicted octanol–water partition coefficient (Wildman–Crippen LogP) is 7.50. The lowest BCUT2D eigenvalue weighted by Gasteiger charge is -2.40. The van der Waals surface area contributed by atoms with E-state index in [-0.39, 0.29) is 6.42 Å². The van der Waals surface area contributed by atoms with E-state index >= 15 is 0 Å². The van der Waals surface area contributed by atoms with E-state index in [4.69, 9.17) is 9.47 Å². The van der Waals surface area contributed by atoms with Gasteiger partial charge in [-0.3, -0.25) is 4.79 Å².